The Labute approximate surface area is 141 Å². The fourth-order valence-electron chi connectivity index (χ4n) is 2.38. The zero-order valence-corrected chi connectivity index (χ0v) is 13.3. The van der Waals surface area contributed by atoms with Crippen molar-refractivity contribution in [2.75, 3.05) is 4.72 Å². The third-order valence-corrected chi connectivity index (χ3v) is 4.93. The summed E-state index contributed by atoms with van der Waals surface area (Å²) in [5, 5.41) is 21.5. The van der Waals surface area contributed by atoms with E-state index in [1.54, 1.807) is 24.3 Å². The highest BCUT2D eigenvalue weighted by Gasteiger charge is 2.22. The minimum Gasteiger partial charge on any atom is -0.507 e. The van der Waals surface area contributed by atoms with E-state index >= 15 is 0 Å². The largest absolute Gasteiger partial charge is 0.507 e. The molecule has 3 aromatic rings. The third-order valence-electron chi connectivity index (χ3n) is 3.57. The van der Waals surface area contributed by atoms with Crippen LogP contribution in [0.25, 0.3) is 10.8 Å². The van der Waals surface area contributed by atoms with Gasteiger partial charge in [0.1, 0.15) is 5.75 Å². The number of benzene rings is 3. The van der Waals surface area contributed by atoms with Gasteiger partial charge in [-0.15, -0.1) is 0 Å². The zero-order chi connectivity index (χ0) is 18.2. The molecule has 0 atom stereocenters. The summed E-state index contributed by atoms with van der Waals surface area (Å²) in [6.07, 6.45) is 0. The number of nitrogens with one attached hydrogen (secondary N) is 1. The minimum atomic E-state index is -4.19. The summed E-state index contributed by atoms with van der Waals surface area (Å²) in [7, 11) is -4.19. The second-order valence-electron chi connectivity index (χ2n) is 5.15. The van der Waals surface area contributed by atoms with Crippen molar-refractivity contribution in [2.45, 2.75) is 4.90 Å². The van der Waals surface area contributed by atoms with Crippen molar-refractivity contribution >= 4 is 32.2 Å². The van der Waals surface area contributed by atoms with Crippen molar-refractivity contribution in [2.24, 2.45) is 0 Å². The minimum absolute atomic E-state index is 0.0176. The molecular weight excluding hydrogens is 351 g/mol. The number of aromatic hydroxyl groups is 1. The average Bonchev–Trinajstić information content (AvgIpc) is 2.57. The molecule has 0 fully saturated rings. The number of hydrogen-bond acceptors (Lipinski definition) is 5. The highest BCUT2D eigenvalue weighted by molar-refractivity contribution is 7.92. The van der Waals surface area contributed by atoms with Crippen LogP contribution in [0.3, 0.4) is 0 Å². The summed E-state index contributed by atoms with van der Waals surface area (Å²) in [4.78, 5) is 9.35. The van der Waals surface area contributed by atoms with Gasteiger partial charge in [-0.2, -0.15) is 4.39 Å². The Bertz CT molecular complexity index is 1100. The number of halogens is 1. The van der Waals surface area contributed by atoms with Gasteiger partial charge in [-0.3, -0.25) is 14.8 Å². The van der Waals surface area contributed by atoms with Crippen molar-refractivity contribution in [1.82, 2.24) is 0 Å². The molecule has 128 valence electrons. The van der Waals surface area contributed by atoms with Crippen LogP contribution in [0.5, 0.6) is 5.75 Å². The number of rotatable bonds is 4. The third kappa shape index (κ3) is 3.09. The van der Waals surface area contributed by atoms with E-state index in [1.165, 1.54) is 12.1 Å². The SMILES string of the molecule is O=[N+]([O-])c1cc(S(=O)(=O)Nc2ccc(O)c3ccccc23)ccc1F. The number of sulfonamides is 1. The Kier molecular flexibility index (Phi) is 4.01. The molecule has 0 saturated heterocycles. The number of phenolic OH excluding ortho intramolecular Hbond substituents is 1. The van der Waals surface area contributed by atoms with Gasteiger partial charge in [0.15, 0.2) is 0 Å². The van der Waals surface area contributed by atoms with E-state index in [-0.39, 0.29) is 11.4 Å². The summed E-state index contributed by atoms with van der Waals surface area (Å²) in [5.41, 5.74) is -0.751. The molecule has 0 amide bonds. The number of hydrogen-bond donors (Lipinski definition) is 2. The van der Waals surface area contributed by atoms with Crippen LogP contribution in [-0.2, 0) is 10.0 Å². The van der Waals surface area contributed by atoms with E-state index in [9.17, 15) is 28.0 Å². The molecule has 0 unspecified atom stereocenters. The Hall–Kier alpha value is -3.20. The van der Waals surface area contributed by atoms with Gasteiger partial charge in [0, 0.05) is 16.8 Å². The number of anilines is 1. The molecular formula is C16H11FN2O5S. The van der Waals surface area contributed by atoms with E-state index in [0.29, 0.717) is 16.8 Å². The standard InChI is InChI=1S/C16H11FN2O5S/c17-13-6-5-10(9-15(13)19(21)22)25(23,24)18-14-7-8-16(20)12-4-2-1-3-11(12)14/h1-9,18,20H. The second-order valence-corrected chi connectivity index (χ2v) is 6.84. The second kappa shape index (κ2) is 6.02. The van der Waals surface area contributed by atoms with Gasteiger partial charge >= 0.3 is 5.69 Å². The monoisotopic (exact) mass is 362 g/mol. The maximum atomic E-state index is 13.4. The van der Waals surface area contributed by atoms with Gasteiger partial charge < -0.3 is 5.11 Å². The van der Waals surface area contributed by atoms with Crippen molar-refractivity contribution in [3.05, 3.63) is 70.5 Å². The van der Waals surface area contributed by atoms with E-state index < -0.39 is 31.3 Å². The summed E-state index contributed by atoms with van der Waals surface area (Å²) in [6, 6.07) is 11.6. The molecule has 0 spiro atoms. The maximum Gasteiger partial charge on any atom is 0.306 e. The lowest BCUT2D eigenvalue weighted by molar-refractivity contribution is -0.387. The van der Waals surface area contributed by atoms with Gasteiger partial charge in [-0.25, -0.2) is 8.42 Å². The molecule has 0 aliphatic heterocycles. The lowest BCUT2D eigenvalue weighted by Gasteiger charge is -2.11. The van der Waals surface area contributed by atoms with Crippen LogP contribution >= 0.6 is 0 Å². The molecule has 0 saturated carbocycles. The molecule has 9 heteroatoms. The predicted molar refractivity (Wildman–Crippen MR) is 89.5 cm³/mol. The molecule has 3 aromatic carbocycles. The number of nitro groups is 1. The summed E-state index contributed by atoms with van der Waals surface area (Å²) >= 11 is 0. The lowest BCUT2D eigenvalue weighted by Crippen LogP contribution is -2.13. The molecule has 3 rings (SSSR count). The normalized spacial score (nSPS) is 11.4. The van der Waals surface area contributed by atoms with Crippen molar-refractivity contribution in [3.63, 3.8) is 0 Å². The van der Waals surface area contributed by atoms with E-state index in [0.717, 1.165) is 12.1 Å². The van der Waals surface area contributed by atoms with Gasteiger partial charge in [-0.05, 0) is 24.3 Å². The first-order valence-corrected chi connectivity index (χ1v) is 8.45. The Morgan fingerprint density at radius 2 is 1.72 bits per heavy atom. The molecule has 0 aliphatic carbocycles. The molecule has 2 N–H and O–H groups in total. The van der Waals surface area contributed by atoms with Crippen LogP contribution in [0.2, 0.25) is 0 Å². The van der Waals surface area contributed by atoms with Gasteiger partial charge in [0.25, 0.3) is 10.0 Å². The van der Waals surface area contributed by atoms with Crippen LogP contribution < -0.4 is 4.72 Å². The first-order chi connectivity index (χ1) is 11.8. The fraction of sp³-hybridized carbons (Fsp3) is 0. The van der Waals surface area contributed by atoms with Crippen molar-refractivity contribution in [3.8, 4) is 5.75 Å². The van der Waals surface area contributed by atoms with Crippen LogP contribution in [-0.4, -0.2) is 18.4 Å². The molecule has 7 nitrogen and oxygen atoms in total. The fourth-order valence-corrected chi connectivity index (χ4v) is 3.47. The quantitative estimate of drug-likeness (QED) is 0.420. The van der Waals surface area contributed by atoms with Crippen molar-refractivity contribution < 1.29 is 22.8 Å². The van der Waals surface area contributed by atoms with Crippen LogP contribution in [0.1, 0.15) is 0 Å². The van der Waals surface area contributed by atoms with Gasteiger partial charge in [-0.1, -0.05) is 24.3 Å². The predicted octanol–water partition coefficient (Wildman–Crippen LogP) is 3.39. The summed E-state index contributed by atoms with van der Waals surface area (Å²) in [5.74, 6) is -1.14. The highest BCUT2D eigenvalue weighted by atomic mass is 32.2. The number of fused-ring (bicyclic) bond motifs is 1. The smallest absolute Gasteiger partial charge is 0.306 e. The Morgan fingerprint density at radius 1 is 1.04 bits per heavy atom. The van der Waals surface area contributed by atoms with E-state index in [4.69, 9.17) is 0 Å². The average molecular weight is 362 g/mol. The van der Waals surface area contributed by atoms with Crippen LogP contribution in [0.15, 0.2) is 59.5 Å². The van der Waals surface area contributed by atoms with E-state index in [1.807, 2.05) is 0 Å². The van der Waals surface area contributed by atoms with Crippen LogP contribution in [0, 0.1) is 15.9 Å². The maximum absolute atomic E-state index is 13.4. The van der Waals surface area contributed by atoms with Gasteiger partial charge in [0.05, 0.1) is 15.5 Å². The van der Waals surface area contributed by atoms with Crippen LogP contribution in [0.4, 0.5) is 15.8 Å². The lowest BCUT2D eigenvalue weighted by atomic mass is 10.1. The summed E-state index contributed by atoms with van der Waals surface area (Å²) in [6.45, 7) is 0. The molecule has 0 aromatic heterocycles. The summed E-state index contributed by atoms with van der Waals surface area (Å²) < 4.78 is 40.7. The van der Waals surface area contributed by atoms with Crippen molar-refractivity contribution in [1.29, 1.82) is 0 Å². The molecule has 25 heavy (non-hydrogen) atoms. The Balaban J connectivity index is 2.08. The topological polar surface area (TPSA) is 110 Å². The Morgan fingerprint density at radius 3 is 2.40 bits per heavy atom. The first-order valence-electron chi connectivity index (χ1n) is 6.97. The molecule has 0 bridgehead atoms. The number of nitrogens with zero attached hydrogens (tertiary/aromatic N) is 1. The number of phenols is 1. The molecule has 0 aliphatic rings. The molecule has 0 heterocycles. The highest BCUT2D eigenvalue weighted by Crippen LogP contribution is 2.32. The molecule has 0 radical (unpaired) electrons. The number of nitro benzene ring substituents is 1. The van der Waals surface area contributed by atoms with E-state index in [2.05, 4.69) is 4.72 Å². The zero-order valence-electron chi connectivity index (χ0n) is 12.5. The van der Waals surface area contributed by atoms with Gasteiger partial charge in [0.2, 0.25) is 5.82 Å². The first kappa shape index (κ1) is 16.7.